The summed E-state index contributed by atoms with van der Waals surface area (Å²) in [7, 11) is 5.62. The van der Waals surface area contributed by atoms with Gasteiger partial charge in [0.2, 0.25) is 0 Å². The van der Waals surface area contributed by atoms with E-state index < -0.39 is 0 Å². The first kappa shape index (κ1) is 16.7. The summed E-state index contributed by atoms with van der Waals surface area (Å²) >= 11 is 0. The van der Waals surface area contributed by atoms with Crippen molar-refractivity contribution in [3.8, 4) is 11.8 Å². The third kappa shape index (κ3) is 4.04. The topological polar surface area (TPSA) is 0 Å². The van der Waals surface area contributed by atoms with Crippen LogP contribution in [0.5, 0.6) is 0 Å². The third-order valence-corrected chi connectivity index (χ3v) is 6.56. The van der Waals surface area contributed by atoms with Crippen LogP contribution in [0.15, 0.2) is 36.4 Å². The van der Waals surface area contributed by atoms with E-state index in [4.69, 9.17) is 0 Å². The molecule has 2 heteroatoms. The van der Waals surface area contributed by atoms with Gasteiger partial charge in [0, 0.05) is 11.1 Å². The molecule has 1 aliphatic carbocycles. The van der Waals surface area contributed by atoms with Crippen LogP contribution < -0.4 is 10.6 Å². The Bertz CT molecular complexity index is 742. The van der Waals surface area contributed by atoms with Crippen molar-refractivity contribution in [1.82, 2.24) is 0 Å². The van der Waals surface area contributed by atoms with E-state index in [1.165, 1.54) is 53.8 Å². The molecule has 3 rings (SSSR count). The average molecular weight is 338 g/mol. The molecule has 2 aromatic carbocycles. The van der Waals surface area contributed by atoms with Gasteiger partial charge in [-0.1, -0.05) is 49.3 Å². The van der Waals surface area contributed by atoms with Gasteiger partial charge in [0.1, 0.15) is 0 Å². The van der Waals surface area contributed by atoms with Crippen LogP contribution in [0.1, 0.15) is 60.3 Å². The van der Waals surface area contributed by atoms with Gasteiger partial charge >= 0.3 is 0 Å². The lowest BCUT2D eigenvalue weighted by Gasteiger charge is -2.21. The van der Waals surface area contributed by atoms with Crippen molar-refractivity contribution in [2.45, 2.75) is 44.9 Å². The molecular formula is C21H24P2. The molecule has 0 radical (unpaired) electrons. The second-order valence-electron chi connectivity index (χ2n) is 6.46. The zero-order valence-corrected chi connectivity index (χ0v) is 16.0. The Hall–Kier alpha value is -1.14. The van der Waals surface area contributed by atoms with E-state index in [-0.39, 0.29) is 0 Å². The number of aryl methyl sites for hydroxylation is 1. The fraction of sp³-hybridized carbons (Fsp3) is 0.333. The smallest absolute Gasteiger partial charge is 0.0326 e. The minimum Gasteiger partial charge on any atom is -0.105 e. The van der Waals surface area contributed by atoms with E-state index in [0.29, 0.717) is 0 Å². The summed E-state index contributed by atoms with van der Waals surface area (Å²) in [4.78, 5) is 0. The molecule has 2 atom stereocenters. The van der Waals surface area contributed by atoms with Gasteiger partial charge in [-0.25, -0.2) is 0 Å². The summed E-state index contributed by atoms with van der Waals surface area (Å²) < 4.78 is 0. The van der Waals surface area contributed by atoms with Crippen molar-refractivity contribution >= 4 is 29.1 Å². The van der Waals surface area contributed by atoms with Crippen molar-refractivity contribution in [2.75, 3.05) is 0 Å². The van der Waals surface area contributed by atoms with Gasteiger partial charge in [-0.05, 0) is 65.6 Å². The summed E-state index contributed by atoms with van der Waals surface area (Å²) in [5.41, 5.74) is 4.95. The molecule has 0 aromatic heterocycles. The Kier molecular flexibility index (Phi) is 5.54. The van der Waals surface area contributed by atoms with Crippen LogP contribution >= 0.6 is 18.5 Å². The maximum absolute atomic E-state index is 3.31. The second kappa shape index (κ2) is 7.62. The van der Waals surface area contributed by atoms with E-state index in [9.17, 15) is 0 Å². The van der Waals surface area contributed by atoms with Crippen LogP contribution in [0.25, 0.3) is 0 Å². The highest BCUT2D eigenvalue weighted by Crippen LogP contribution is 2.32. The number of hydrogen-bond donors (Lipinski definition) is 0. The molecule has 1 fully saturated rings. The lowest BCUT2D eigenvalue weighted by molar-refractivity contribution is 0.443. The molecule has 0 aliphatic heterocycles. The van der Waals surface area contributed by atoms with E-state index >= 15 is 0 Å². The summed E-state index contributed by atoms with van der Waals surface area (Å²) in [6.07, 6.45) is 6.87. The number of rotatable bonds is 1. The third-order valence-electron chi connectivity index (χ3n) is 4.83. The van der Waals surface area contributed by atoms with Gasteiger partial charge in [0.05, 0.1) is 0 Å². The Morgan fingerprint density at radius 2 is 1.52 bits per heavy atom. The van der Waals surface area contributed by atoms with Gasteiger partial charge in [0.15, 0.2) is 0 Å². The first-order valence-electron chi connectivity index (χ1n) is 8.41. The van der Waals surface area contributed by atoms with Crippen molar-refractivity contribution in [3.05, 3.63) is 58.7 Å². The number of hydrogen-bond acceptors (Lipinski definition) is 0. The van der Waals surface area contributed by atoms with Gasteiger partial charge in [0.25, 0.3) is 0 Å². The molecule has 2 unspecified atom stereocenters. The molecule has 23 heavy (non-hydrogen) atoms. The van der Waals surface area contributed by atoms with Crippen LogP contribution in [-0.2, 0) is 0 Å². The molecule has 1 saturated carbocycles. The molecule has 118 valence electrons. The Morgan fingerprint density at radius 1 is 0.826 bits per heavy atom. The van der Waals surface area contributed by atoms with Crippen LogP contribution in [0.3, 0.4) is 0 Å². The highest BCUT2D eigenvalue weighted by atomic mass is 31.0. The molecule has 0 bridgehead atoms. The summed E-state index contributed by atoms with van der Waals surface area (Å²) in [6, 6.07) is 13.1. The predicted molar refractivity (Wildman–Crippen MR) is 108 cm³/mol. The SMILES string of the molecule is Cc1ccc(C#Cc2ccc(C3CCCCC3)cc2)c(P)c1P. The quantitative estimate of drug-likeness (QED) is 0.533. The van der Waals surface area contributed by atoms with Crippen molar-refractivity contribution in [3.63, 3.8) is 0 Å². The lowest BCUT2D eigenvalue weighted by Crippen LogP contribution is -2.17. The van der Waals surface area contributed by atoms with E-state index in [1.807, 2.05) is 0 Å². The molecular weight excluding hydrogens is 314 g/mol. The number of benzene rings is 2. The molecule has 2 aromatic rings. The Labute approximate surface area is 144 Å². The fourth-order valence-corrected chi connectivity index (χ4v) is 3.92. The first-order chi connectivity index (χ1) is 11.1. The van der Waals surface area contributed by atoms with Gasteiger partial charge in [-0.3, -0.25) is 0 Å². The maximum atomic E-state index is 3.31. The molecule has 0 spiro atoms. The van der Waals surface area contributed by atoms with Crippen molar-refractivity contribution < 1.29 is 0 Å². The highest BCUT2D eigenvalue weighted by molar-refractivity contribution is 7.36. The lowest BCUT2D eigenvalue weighted by atomic mass is 9.84. The average Bonchev–Trinajstić information content (AvgIpc) is 2.60. The molecule has 0 N–H and O–H groups in total. The van der Waals surface area contributed by atoms with Crippen LogP contribution in [0, 0.1) is 18.8 Å². The fourth-order valence-electron chi connectivity index (χ4n) is 3.27. The molecule has 0 heterocycles. The monoisotopic (exact) mass is 338 g/mol. The van der Waals surface area contributed by atoms with Crippen molar-refractivity contribution in [1.29, 1.82) is 0 Å². The highest BCUT2D eigenvalue weighted by Gasteiger charge is 2.14. The van der Waals surface area contributed by atoms with E-state index in [1.54, 1.807) is 0 Å². The molecule has 0 saturated heterocycles. The minimum absolute atomic E-state index is 0.765. The van der Waals surface area contributed by atoms with Gasteiger partial charge in [-0.15, -0.1) is 18.5 Å². The largest absolute Gasteiger partial charge is 0.105 e. The van der Waals surface area contributed by atoms with E-state index in [0.717, 1.165) is 17.0 Å². The summed E-state index contributed by atoms with van der Waals surface area (Å²) in [5.74, 6) is 7.38. The standard InChI is InChI=1S/C21H24P2/c1-15-7-11-19(21(23)20(15)22)14-10-16-8-12-18(13-9-16)17-5-3-2-4-6-17/h7-9,11-13,17H,2-6,22-23H2,1H3. The predicted octanol–water partition coefficient (Wildman–Crippen LogP) is 4.44. The Balaban J connectivity index is 1.78. The molecule has 0 nitrogen and oxygen atoms in total. The zero-order valence-electron chi connectivity index (χ0n) is 13.7. The second-order valence-corrected chi connectivity index (χ2v) is 7.62. The van der Waals surface area contributed by atoms with Gasteiger partial charge in [-0.2, -0.15) is 0 Å². The van der Waals surface area contributed by atoms with Crippen LogP contribution in [0.4, 0.5) is 0 Å². The first-order valence-corrected chi connectivity index (χ1v) is 9.57. The Morgan fingerprint density at radius 3 is 2.22 bits per heavy atom. The van der Waals surface area contributed by atoms with Crippen LogP contribution in [-0.4, -0.2) is 0 Å². The van der Waals surface area contributed by atoms with Crippen molar-refractivity contribution in [2.24, 2.45) is 0 Å². The normalized spacial score (nSPS) is 15.1. The summed E-state index contributed by atoms with van der Waals surface area (Å²) in [6.45, 7) is 2.12. The maximum Gasteiger partial charge on any atom is 0.0326 e. The van der Waals surface area contributed by atoms with E-state index in [2.05, 4.69) is 73.6 Å². The van der Waals surface area contributed by atoms with Gasteiger partial charge < -0.3 is 0 Å². The van der Waals surface area contributed by atoms with Crippen LogP contribution in [0.2, 0.25) is 0 Å². The minimum atomic E-state index is 0.765. The molecule has 0 amide bonds. The zero-order chi connectivity index (χ0) is 16.2. The summed E-state index contributed by atoms with van der Waals surface area (Å²) in [5, 5.41) is 2.41. The molecule has 1 aliphatic rings.